The first-order valence-corrected chi connectivity index (χ1v) is 10.8. The monoisotopic (exact) mass is 426 g/mol. The van der Waals surface area contributed by atoms with Gasteiger partial charge >= 0.3 is 0 Å². The first kappa shape index (κ1) is 21.6. The standard InChI is InChI=1S/C22H22N2O5S/c1-17-13-21(11-12-22(17)24(25)26)30(27,28)23-14-19-9-5-6-10-20(19)16-29-15-18-7-3-2-4-8-18/h2-13,23H,14-16H2,1H3. The highest BCUT2D eigenvalue weighted by Crippen LogP contribution is 2.22. The smallest absolute Gasteiger partial charge is 0.272 e. The fraction of sp³-hybridized carbons (Fsp3) is 0.182. The van der Waals surface area contributed by atoms with E-state index in [4.69, 9.17) is 4.74 Å². The van der Waals surface area contributed by atoms with Gasteiger partial charge in [-0.3, -0.25) is 10.1 Å². The molecule has 7 nitrogen and oxygen atoms in total. The molecule has 0 aliphatic carbocycles. The second-order valence-corrected chi connectivity index (χ2v) is 8.54. The van der Waals surface area contributed by atoms with Gasteiger partial charge in [-0.15, -0.1) is 0 Å². The van der Waals surface area contributed by atoms with Crippen LogP contribution < -0.4 is 4.72 Å². The lowest BCUT2D eigenvalue weighted by atomic mass is 10.1. The Morgan fingerprint density at radius 2 is 1.60 bits per heavy atom. The quantitative estimate of drug-likeness (QED) is 0.410. The van der Waals surface area contributed by atoms with Crippen molar-refractivity contribution in [3.8, 4) is 0 Å². The van der Waals surface area contributed by atoms with Crippen molar-refractivity contribution in [2.24, 2.45) is 0 Å². The molecule has 3 aromatic carbocycles. The van der Waals surface area contributed by atoms with Gasteiger partial charge in [-0.05, 0) is 35.7 Å². The number of hydrogen-bond donors (Lipinski definition) is 1. The first-order chi connectivity index (χ1) is 14.4. The van der Waals surface area contributed by atoms with E-state index in [0.29, 0.717) is 13.2 Å². The van der Waals surface area contributed by atoms with E-state index in [0.717, 1.165) is 16.7 Å². The Bertz CT molecular complexity index is 1130. The van der Waals surface area contributed by atoms with Gasteiger partial charge in [0.25, 0.3) is 5.69 Å². The number of benzene rings is 3. The maximum absolute atomic E-state index is 12.6. The van der Waals surface area contributed by atoms with Crippen LogP contribution in [0.25, 0.3) is 0 Å². The van der Waals surface area contributed by atoms with Gasteiger partial charge in [0.2, 0.25) is 10.0 Å². The highest BCUT2D eigenvalue weighted by atomic mass is 32.2. The molecule has 0 saturated carbocycles. The van der Waals surface area contributed by atoms with Crippen molar-refractivity contribution in [3.05, 3.63) is 105 Å². The SMILES string of the molecule is Cc1cc(S(=O)(=O)NCc2ccccc2COCc2ccccc2)ccc1[N+](=O)[O-]. The lowest BCUT2D eigenvalue weighted by molar-refractivity contribution is -0.385. The van der Waals surface area contributed by atoms with Crippen LogP contribution in [-0.4, -0.2) is 13.3 Å². The summed E-state index contributed by atoms with van der Waals surface area (Å²) in [5, 5.41) is 10.9. The zero-order chi connectivity index (χ0) is 21.6. The number of nitro groups is 1. The molecule has 3 aromatic rings. The molecule has 0 aliphatic rings. The fourth-order valence-corrected chi connectivity index (χ4v) is 4.07. The molecule has 0 heterocycles. The normalized spacial score (nSPS) is 11.4. The Hall–Kier alpha value is -3.07. The summed E-state index contributed by atoms with van der Waals surface area (Å²) in [5.41, 5.74) is 2.92. The maximum Gasteiger partial charge on any atom is 0.272 e. The predicted octanol–water partition coefficient (Wildman–Crippen LogP) is 4.10. The molecule has 0 atom stereocenters. The molecule has 0 amide bonds. The summed E-state index contributed by atoms with van der Waals surface area (Å²) in [6.45, 7) is 2.41. The first-order valence-electron chi connectivity index (χ1n) is 9.30. The summed E-state index contributed by atoms with van der Waals surface area (Å²) in [5.74, 6) is 0. The molecule has 3 rings (SSSR count). The number of sulfonamides is 1. The van der Waals surface area contributed by atoms with Gasteiger partial charge in [-0.2, -0.15) is 0 Å². The van der Waals surface area contributed by atoms with Crippen LogP contribution in [0, 0.1) is 17.0 Å². The molecule has 0 spiro atoms. The average Bonchev–Trinajstić information content (AvgIpc) is 2.73. The summed E-state index contributed by atoms with van der Waals surface area (Å²) in [4.78, 5) is 10.4. The van der Waals surface area contributed by atoms with E-state index in [2.05, 4.69) is 4.72 Å². The fourth-order valence-electron chi connectivity index (χ4n) is 2.98. The Morgan fingerprint density at radius 1 is 0.933 bits per heavy atom. The molecule has 0 saturated heterocycles. The summed E-state index contributed by atoms with van der Waals surface area (Å²) >= 11 is 0. The number of ether oxygens (including phenoxy) is 1. The molecular weight excluding hydrogens is 404 g/mol. The molecule has 8 heteroatoms. The van der Waals surface area contributed by atoms with E-state index in [1.54, 1.807) is 0 Å². The van der Waals surface area contributed by atoms with Gasteiger partial charge in [0, 0.05) is 18.2 Å². The van der Waals surface area contributed by atoms with Gasteiger partial charge < -0.3 is 4.74 Å². The van der Waals surface area contributed by atoms with Crippen LogP contribution in [0.5, 0.6) is 0 Å². The third-order valence-electron chi connectivity index (χ3n) is 4.62. The van der Waals surface area contributed by atoms with Crippen LogP contribution in [0.3, 0.4) is 0 Å². The zero-order valence-electron chi connectivity index (χ0n) is 16.4. The number of nitrogens with zero attached hydrogens (tertiary/aromatic N) is 1. The minimum absolute atomic E-state index is 0.0107. The van der Waals surface area contributed by atoms with Crippen molar-refractivity contribution >= 4 is 15.7 Å². The predicted molar refractivity (Wildman–Crippen MR) is 113 cm³/mol. The molecule has 30 heavy (non-hydrogen) atoms. The minimum Gasteiger partial charge on any atom is -0.372 e. The van der Waals surface area contributed by atoms with Gasteiger partial charge in [-0.25, -0.2) is 13.1 Å². The molecule has 0 fully saturated rings. The van der Waals surface area contributed by atoms with E-state index in [-0.39, 0.29) is 22.7 Å². The van der Waals surface area contributed by atoms with E-state index < -0.39 is 14.9 Å². The van der Waals surface area contributed by atoms with Crippen LogP contribution in [-0.2, 0) is 34.5 Å². The summed E-state index contributed by atoms with van der Waals surface area (Å²) in [6.07, 6.45) is 0. The highest BCUT2D eigenvalue weighted by Gasteiger charge is 2.18. The largest absolute Gasteiger partial charge is 0.372 e. The van der Waals surface area contributed by atoms with Crippen molar-refractivity contribution in [1.29, 1.82) is 0 Å². The van der Waals surface area contributed by atoms with Crippen molar-refractivity contribution in [3.63, 3.8) is 0 Å². The van der Waals surface area contributed by atoms with E-state index in [1.807, 2.05) is 54.6 Å². The van der Waals surface area contributed by atoms with E-state index in [1.165, 1.54) is 25.1 Å². The Balaban J connectivity index is 1.66. The number of rotatable bonds is 9. The van der Waals surface area contributed by atoms with Crippen LogP contribution in [0.4, 0.5) is 5.69 Å². The molecular formula is C22H22N2O5S. The third kappa shape index (κ3) is 5.50. The Morgan fingerprint density at radius 3 is 2.27 bits per heavy atom. The number of nitro benzene ring substituents is 1. The lowest BCUT2D eigenvalue weighted by Gasteiger charge is -2.12. The third-order valence-corrected chi connectivity index (χ3v) is 6.01. The average molecular weight is 426 g/mol. The second kappa shape index (κ2) is 9.62. The zero-order valence-corrected chi connectivity index (χ0v) is 17.3. The summed E-state index contributed by atoms with van der Waals surface area (Å²) in [7, 11) is -3.82. The van der Waals surface area contributed by atoms with Crippen molar-refractivity contribution in [2.75, 3.05) is 0 Å². The van der Waals surface area contributed by atoms with Crippen molar-refractivity contribution < 1.29 is 18.1 Å². The van der Waals surface area contributed by atoms with Crippen molar-refractivity contribution in [1.82, 2.24) is 4.72 Å². The highest BCUT2D eigenvalue weighted by molar-refractivity contribution is 7.89. The van der Waals surface area contributed by atoms with Gasteiger partial charge in [0.05, 0.1) is 23.0 Å². The summed E-state index contributed by atoms with van der Waals surface area (Å²) in [6, 6.07) is 21.0. The van der Waals surface area contributed by atoms with Crippen LogP contribution >= 0.6 is 0 Å². The van der Waals surface area contributed by atoms with E-state index in [9.17, 15) is 18.5 Å². The topological polar surface area (TPSA) is 98.5 Å². The van der Waals surface area contributed by atoms with Gasteiger partial charge in [-0.1, -0.05) is 54.6 Å². The molecule has 1 N–H and O–H groups in total. The van der Waals surface area contributed by atoms with Crippen molar-refractivity contribution in [2.45, 2.75) is 31.6 Å². The number of nitrogens with one attached hydrogen (secondary N) is 1. The molecule has 0 aromatic heterocycles. The molecule has 0 unspecified atom stereocenters. The van der Waals surface area contributed by atoms with Gasteiger partial charge in [0.1, 0.15) is 0 Å². The number of aryl methyl sites for hydroxylation is 1. The Labute approximate surface area is 175 Å². The molecule has 0 bridgehead atoms. The van der Waals surface area contributed by atoms with Gasteiger partial charge in [0.15, 0.2) is 0 Å². The van der Waals surface area contributed by atoms with Crippen LogP contribution in [0.2, 0.25) is 0 Å². The Kier molecular flexibility index (Phi) is 6.94. The molecule has 0 aliphatic heterocycles. The molecule has 156 valence electrons. The van der Waals surface area contributed by atoms with Crippen LogP contribution in [0.15, 0.2) is 77.7 Å². The maximum atomic E-state index is 12.6. The number of hydrogen-bond acceptors (Lipinski definition) is 5. The second-order valence-electron chi connectivity index (χ2n) is 6.78. The minimum atomic E-state index is -3.82. The van der Waals surface area contributed by atoms with Crippen LogP contribution in [0.1, 0.15) is 22.3 Å². The lowest BCUT2D eigenvalue weighted by Crippen LogP contribution is -2.24. The molecule has 0 radical (unpaired) electrons. The van der Waals surface area contributed by atoms with E-state index >= 15 is 0 Å². The summed E-state index contributed by atoms with van der Waals surface area (Å²) < 4.78 is 33.6.